The summed E-state index contributed by atoms with van der Waals surface area (Å²) in [6, 6.07) is 32.0. The summed E-state index contributed by atoms with van der Waals surface area (Å²) in [5.74, 6) is 1.21. The van der Waals surface area contributed by atoms with Crippen LogP contribution in [0.5, 0.6) is 11.5 Å². The molecular weight excluding hydrogens is 608 g/mol. The van der Waals surface area contributed by atoms with Crippen molar-refractivity contribution in [3.8, 4) is 11.5 Å². The second-order valence-electron chi connectivity index (χ2n) is 11.0. The van der Waals surface area contributed by atoms with Gasteiger partial charge in [0.25, 0.3) is 5.91 Å². The van der Waals surface area contributed by atoms with Gasteiger partial charge in [0, 0.05) is 42.0 Å². The van der Waals surface area contributed by atoms with E-state index in [1.54, 1.807) is 19.2 Å². The number of hydrazine groups is 1. The number of azide groups is 1. The Morgan fingerprint density at radius 3 is 2.50 bits per heavy atom. The van der Waals surface area contributed by atoms with Gasteiger partial charge in [-0.05, 0) is 52.6 Å². The van der Waals surface area contributed by atoms with Crippen LogP contribution in [0, 0.1) is 0 Å². The SMILES string of the molecule is COc1ccccc1CNNC(=O)[C@@]1(C/C=C/c2ccccc2)N=C(c2ccc(OCCCO)cc2)O[C@H]1c1ccccc1CN=[N+]=[N-]. The Morgan fingerprint density at radius 1 is 1.02 bits per heavy atom. The number of aliphatic hydroxyl groups is 1. The molecule has 4 aromatic carbocycles. The van der Waals surface area contributed by atoms with Gasteiger partial charge in [0.15, 0.2) is 11.6 Å². The second-order valence-corrected chi connectivity index (χ2v) is 11.0. The van der Waals surface area contributed by atoms with Crippen LogP contribution in [0.4, 0.5) is 0 Å². The Hall–Kier alpha value is -5.61. The molecule has 0 aromatic heterocycles. The van der Waals surface area contributed by atoms with Crippen molar-refractivity contribution < 1.29 is 24.1 Å². The number of para-hydroxylation sites is 1. The van der Waals surface area contributed by atoms with Gasteiger partial charge in [0.05, 0.1) is 20.3 Å². The maximum absolute atomic E-state index is 14.5. The quantitative estimate of drug-likeness (QED) is 0.0419. The topological polar surface area (TPSA) is 150 Å². The molecule has 2 atom stereocenters. The molecule has 1 amide bonds. The molecule has 0 radical (unpaired) electrons. The van der Waals surface area contributed by atoms with Crippen molar-refractivity contribution in [2.24, 2.45) is 10.1 Å². The molecule has 5 rings (SSSR count). The average molecular weight is 647 g/mol. The molecule has 1 heterocycles. The van der Waals surface area contributed by atoms with Crippen LogP contribution >= 0.6 is 0 Å². The molecule has 0 unspecified atom stereocenters. The van der Waals surface area contributed by atoms with Crippen molar-refractivity contribution in [2.75, 3.05) is 20.3 Å². The lowest BCUT2D eigenvalue weighted by Gasteiger charge is -2.31. The van der Waals surface area contributed by atoms with Crippen LogP contribution in [-0.4, -0.2) is 42.8 Å². The van der Waals surface area contributed by atoms with Crippen LogP contribution in [0.3, 0.4) is 0 Å². The number of amides is 1. The first kappa shape index (κ1) is 33.7. The maximum Gasteiger partial charge on any atom is 0.266 e. The number of rotatable bonds is 16. The molecule has 0 spiro atoms. The average Bonchev–Trinajstić information content (AvgIpc) is 3.52. The van der Waals surface area contributed by atoms with Crippen molar-refractivity contribution in [3.63, 3.8) is 0 Å². The molecule has 0 aliphatic carbocycles. The van der Waals surface area contributed by atoms with Crippen LogP contribution < -0.4 is 20.3 Å². The van der Waals surface area contributed by atoms with Crippen molar-refractivity contribution in [1.29, 1.82) is 0 Å². The number of aliphatic imine (C=N–C) groups is 1. The second kappa shape index (κ2) is 16.8. The van der Waals surface area contributed by atoms with Gasteiger partial charge < -0.3 is 19.3 Å². The minimum Gasteiger partial charge on any atom is -0.496 e. The molecule has 48 heavy (non-hydrogen) atoms. The molecule has 0 bridgehead atoms. The smallest absolute Gasteiger partial charge is 0.266 e. The number of carbonyl (C=O) groups is 1. The Bertz CT molecular complexity index is 1770. The first-order chi connectivity index (χ1) is 23.6. The number of carbonyl (C=O) groups excluding carboxylic acids is 1. The van der Waals surface area contributed by atoms with Gasteiger partial charge in [-0.3, -0.25) is 10.2 Å². The van der Waals surface area contributed by atoms with E-state index in [0.29, 0.717) is 42.2 Å². The number of methoxy groups -OCH3 is 1. The highest BCUT2D eigenvalue weighted by molar-refractivity contribution is 6.01. The molecule has 0 saturated carbocycles. The van der Waals surface area contributed by atoms with Gasteiger partial charge in [-0.25, -0.2) is 10.4 Å². The molecular formula is C37H38N6O5. The minimum absolute atomic E-state index is 0.0435. The van der Waals surface area contributed by atoms with Crippen molar-refractivity contribution in [3.05, 3.63) is 147 Å². The number of nitrogens with one attached hydrogen (secondary N) is 2. The summed E-state index contributed by atoms with van der Waals surface area (Å²) in [6.45, 7) is 0.808. The van der Waals surface area contributed by atoms with E-state index < -0.39 is 17.6 Å². The standard InChI is InChI=1S/C37H38N6O5/c1-46-33-17-8-6-15-30(33)26-39-42-36(45)37(22-9-13-27-11-3-2-4-12-27)34(32-16-7-5-14-29(32)25-40-43-38)48-35(41-37)28-18-20-31(21-19-28)47-24-10-23-44/h2-9,11-21,34,39,44H,10,22-26H2,1H3,(H,42,45)/b13-9+/t34-,37-/m0/s1. The van der Waals surface area contributed by atoms with Gasteiger partial charge >= 0.3 is 0 Å². The highest BCUT2D eigenvalue weighted by Gasteiger charge is 2.53. The van der Waals surface area contributed by atoms with Crippen molar-refractivity contribution in [1.82, 2.24) is 10.9 Å². The molecule has 3 N–H and O–H groups in total. The number of benzene rings is 4. The zero-order valence-electron chi connectivity index (χ0n) is 26.7. The first-order valence-electron chi connectivity index (χ1n) is 15.6. The van der Waals surface area contributed by atoms with Crippen LogP contribution in [0.2, 0.25) is 0 Å². The summed E-state index contributed by atoms with van der Waals surface area (Å²) in [5, 5.41) is 12.9. The molecule has 246 valence electrons. The van der Waals surface area contributed by atoms with E-state index in [-0.39, 0.29) is 25.5 Å². The highest BCUT2D eigenvalue weighted by Crippen LogP contribution is 2.44. The predicted molar refractivity (Wildman–Crippen MR) is 184 cm³/mol. The lowest BCUT2D eigenvalue weighted by Crippen LogP contribution is -2.52. The Balaban J connectivity index is 1.54. The summed E-state index contributed by atoms with van der Waals surface area (Å²) < 4.78 is 17.8. The van der Waals surface area contributed by atoms with Gasteiger partial charge in [-0.2, -0.15) is 0 Å². The third-order valence-corrected chi connectivity index (χ3v) is 7.88. The molecule has 1 aliphatic rings. The lowest BCUT2D eigenvalue weighted by atomic mass is 9.82. The molecule has 1 aliphatic heterocycles. The largest absolute Gasteiger partial charge is 0.496 e. The number of hydrogen-bond donors (Lipinski definition) is 3. The molecule has 4 aromatic rings. The number of hydrogen-bond acceptors (Lipinski definition) is 8. The Kier molecular flexibility index (Phi) is 11.8. The fraction of sp³-hybridized carbons (Fsp3) is 0.243. The Labute approximate surface area is 279 Å². The third kappa shape index (κ3) is 8.21. The van der Waals surface area contributed by atoms with E-state index in [9.17, 15) is 4.79 Å². The summed E-state index contributed by atoms with van der Waals surface area (Å²) in [6.07, 6.45) is 3.72. The van der Waals surface area contributed by atoms with E-state index >= 15 is 0 Å². The molecule has 11 nitrogen and oxygen atoms in total. The number of nitrogens with zero attached hydrogens (tertiary/aromatic N) is 4. The van der Waals surface area contributed by atoms with Crippen molar-refractivity contribution >= 4 is 17.9 Å². The summed E-state index contributed by atoms with van der Waals surface area (Å²) >= 11 is 0. The molecule has 0 saturated heterocycles. The number of ether oxygens (including phenoxy) is 3. The molecule has 11 heteroatoms. The minimum atomic E-state index is -1.46. The van der Waals surface area contributed by atoms with E-state index in [1.807, 2.05) is 103 Å². The van der Waals surface area contributed by atoms with Crippen LogP contribution in [0.1, 0.15) is 46.8 Å². The highest BCUT2D eigenvalue weighted by atomic mass is 16.5. The van der Waals surface area contributed by atoms with Gasteiger partial charge in [0.2, 0.25) is 5.90 Å². The zero-order chi connectivity index (χ0) is 33.6. The predicted octanol–water partition coefficient (Wildman–Crippen LogP) is 6.45. The summed E-state index contributed by atoms with van der Waals surface area (Å²) in [5.41, 5.74) is 17.5. The fourth-order valence-electron chi connectivity index (χ4n) is 5.45. The van der Waals surface area contributed by atoms with Crippen LogP contribution in [0.25, 0.3) is 16.5 Å². The monoisotopic (exact) mass is 646 g/mol. The van der Waals surface area contributed by atoms with E-state index in [4.69, 9.17) is 29.8 Å². The fourth-order valence-corrected chi connectivity index (χ4v) is 5.45. The summed E-state index contributed by atoms with van der Waals surface area (Å²) in [7, 11) is 1.60. The number of aliphatic hydroxyl groups excluding tert-OH is 1. The first-order valence-corrected chi connectivity index (χ1v) is 15.6. The van der Waals surface area contributed by atoms with Gasteiger partial charge in [-0.1, -0.05) is 90.1 Å². The van der Waals surface area contributed by atoms with Gasteiger partial charge in [-0.15, -0.1) is 0 Å². The lowest BCUT2D eigenvalue weighted by molar-refractivity contribution is -0.129. The normalized spacial score (nSPS) is 16.9. The van der Waals surface area contributed by atoms with Crippen molar-refractivity contribution in [2.45, 2.75) is 37.6 Å². The zero-order valence-corrected chi connectivity index (χ0v) is 26.7. The van der Waals surface area contributed by atoms with E-state index in [1.165, 1.54) is 0 Å². The van der Waals surface area contributed by atoms with E-state index in [0.717, 1.165) is 16.7 Å². The Morgan fingerprint density at radius 2 is 1.75 bits per heavy atom. The van der Waals surface area contributed by atoms with E-state index in [2.05, 4.69) is 20.9 Å². The van der Waals surface area contributed by atoms with Crippen LogP contribution in [0.15, 0.2) is 119 Å². The third-order valence-electron chi connectivity index (χ3n) is 7.88. The van der Waals surface area contributed by atoms with Crippen LogP contribution in [-0.2, 0) is 22.6 Å². The summed E-state index contributed by atoms with van der Waals surface area (Å²) in [4.78, 5) is 22.5. The molecule has 0 fully saturated rings. The maximum atomic E-state index is 14.5. The van der Waals surface area contributed by atoms with Gasteiger partial charge in [0.1, 0.15) is 11.5 Å².